The summed E-state index contributed by atoms with van der Waals surface area (Å²) in [7, 11) is 0. The zero-order chi connectivity index (χ0) is 24.3. The van der Waals surface area contributed by atoms with Crippen LogP contribution in [-0.4, -0.2) is 68.9 Å². The van der Waals surface area contributed by atoms with Crippen molar-refractivity contribution in [2.24, 2.45) is 0 Å². The van der Waals surface area contributed by atoms with Gasteiger partial charge in [0.1, 0.15) is 5.54 Å². The van der Waals surface area contributed by atoms with Crippen LogP contribution in [0.25, 0.3) is 0 Å². The van der Waals surface area contributed by atoms with E-state index < -0.39 is 29.4 Å². The van der Waals surface area contributed by atoms with Crippen LogP contribution < -0.4 is 0 Å². The van der Waals surface area contributed by atoms with Gasteiger partial charge in [0.05, 0.1) is 24.3 Å². The Hall–Kier alpha value is -2.46. The Morgan fingerprint density at radius 2 is 1.71 bits per heavy atom. The maximum atomic E-state index is 13.6. The fourth-order valence-electron chi connectivity index (χ4n) is 5.30. The number of benzene rings is 2. The van der Waals surface area contributed by atoms with E-state index in [1.807, 2.05) is 9.80 Å². The van der Waals surface area contributed by atoms with E-state index in [9.17, 15) is 27.9 Å². The number of amides is 2. The van der Waals surface area contributed by atoms with Crippen LogP contribution in [-0.2, 0) is 28.9 Å². The first-order valence-electron chi connectivity index (χ1n) is 11.0. The number of halogens is 4. The van der Waals surface area contributed by atoms with Crippen molar-refractivity contribution < 1.29 is 27.9 Å². The normalized spacial score (nSPS) is 25.0. The Balaban J connectivity index is 1.35. The fourth-order valence-corrected chi connectivity index (χ4v) is 5.50. The van der Waals surface area contributed by atoms with Gasteiger partial charge in [-0.05, 0) is 35.7 Å². The molecule has 180 valence electrons. The minimum absolute atomic E-state index is 0.0540. The maximum Gasteiger partial charge on any atom is 0.416 e. The molecule has 2 amide bonds. The van der Waals surface area contributed by atoms with Gasteiger partial charge in [0, 0.05) is 31.2 Å². The standard InChI is InChI=1S/C24H23ClF3N3O3/c25-19-4-2-1-3-16(19)11-30-21(33)20-9-18(32)12-31(20)23(22(30)34)13-29(14-23)10-15-5-7-17(8-6-15)24(26,27)28/h1-8,18,20,32H,9-14H2/t18-,20+/m1/s1. The number of hydrogen-bond donors (Lipinski definition) is 1. The van der Waals surface area contributed by atoms with Gasteiger partial charge >= 0.3 is 6.18 Å². The molecule has 0 radical (unpaired) electrons. The van der Waals surface area contributed by atoms with Gasteiger partial charge in [-0.15, -0.1) is 0 Å². The molecule has 3 aliphatic heterocycles. The lowest BCUT2D eigenvalue weighted by Crippen LogP contribution is -2.81. The van der Waals surface area contributed by atoms with E-state index in [-0.39, 0.29) is 31.3 Å². The minimum Gasteiger partial charge on any atom is -0.392 e. The molecule has 0 aromatic heterocycles. The number of fused-ring (bicyclic) bond motifs is 2. The van der Waals surface area contributed by atoms with E-state index in [1.165, 1.54) is 17.0 Å². The molecule has 5 rings (SSSR count). The van der Waals surface area contributed by atoms with Crippen LogP contribution >= 0.6 is 11.6 Å². The summed E-state index contributed by atoms with van der Waals surface area (Å²) < 4.78 is 38.5. The third-order valence-corrected chi connectivity index (χ3v) is 7.34. The summed E-state index contributed by atoms with van der Waals surface area (Å²) in [6, 6.07) is 11.4. The van der Waals surface area contributed by atoms with Gasteiger partial charge in [0.2, 0.25) is 5.91 Å². The zero-order valence-electron chi connectivity index (χ0n) is 18.1. The largest absolute Gasteiger partial charge is 0.416 e. The monoisotopic (exact) mass is 493 g/mol. The molecule has 2 aromatic carbocycles. The highest BCUT2D eigenvalue weighted by Gasteiger charge is 2.64. The summed E-state index contributed by atoms with van der Waals surface area (Å²) in [5.74, 6) is -0.667. The van der Waals surface area contributed by atoms with Crippen molar-refractivity contribution in [3.63, 3.8) is 0 Å². The van der Waals surface area contributed by atoms with Gasteiger partial charge in [-0.3, -0.25) is 24.3 Å². The number of alkyl halides is 3. The average molecular weight is 494 g/mol. The van der Waals surface area contributed by atoms with Gasteiger partial charge in [-0.25, -0.2) is 0 Å². The highest BCUT2D eigenvalue weighted by molar-refractivity contribution is 6.31. The number of carbonyl (C=O) groups is 2. The first-order chi connectivity index (χ1) is 16.1. The highest BCUT2D eigenvalue weighted by Crippen LogP contribution is 2.41. The summed E-state index contributed by atoms with van der Waals surface area (Å²) >= 11 is 6.27. The molecular formula is C24H23ClF3N3O3. The molecule has 3 heterocycles. The van der Waals surface area contributed by atoms with E-state index in [0.29, 0.717) is 35.8 Å². The van der Waals surface area contributed by atoms with Crippen LogP contribution in [0.5, 0.6) is 0 Å². The number of aliphatic hydroxyl groups is 1. The molecule has 2 aromatic rings. The molecule has 0 unspecified atom stereocenters. The maximum absolute atomic E-state index is 13.6. The molecule has 0 bridgehead atoms. The van der Waals surface area contributed by atoms with Crippen molar-refractivity contribution in [1.29, 1.82) is 0 Å². The molecule has 2 atom stereocenters. The van der Waals surface area contributed by atoms with E-state index in [2.05, 4.69) is 0 Å². The molecule has 0 saturated carbocycles. The fraction of sp³-hybridized carbons (Fsp3) is 0.417. The predicted octanol–water partition coefficient (Wildman–Crippen LogP) is 2.92. The smallest absolute Gasteiger partial charge is 0.392 e. The van der Waals surface area contributed by atoms with Gasteiger partial charge in [-0.2, -0.15) is 13.2 Å². The van der Waals surface area contributed by atoms with Crippen LogP contribution in [0.15, 0.2) is 48.5 Å². The second kappa shape index (κ2) is 8.34. The van der Waals surface area contributed by atoms with Crippen molar-refractivity contribution in [2.75, 3.05) is 19.6 Å². The topological polar surface area (TPSA) is 64.1 Å². The van der Waals surface area contributed by atoms with Crippen LogP contribution in [0.2, 0.25) is 5.02 Å². The molecule has 1 N–H and O–H groups in total. The third kappa shape index (κ3) is 3.90. The third-order valence-electron chi connectivity index (χ3n) is 6.97. The lowest BCUT2D eigenvalue weighted by Gasteiger charge is -2.58. The molecule has 34 heavy (non-hydrogen) atoms. The first kappa shape index (κ1) is 23.3. The van der Waals surface area contributed by atoms with E-state index in [0.717, 1.165) is 12.1 Å². The molecule has 1 spiro atoms. The Kier molecular flexibility index (Phi) is 5.71. The summed E-state index contributed by atoms with van der Waals surface area (Å²) in [4.78, 5) is 31.9. The van der Waals surface area contributed by atoms with E-state index in [4.69, 9.17) is 11.6 Å². The van der Waals surface area contributed by atoms with Crippen LogP contribution in [0.1, 0.15) is 23.1 Å². The molecule has 3 saturated heterocycles. The Labute approximate surface area is 199 Å². The van der Waals surface area contributed by atoms with Crippen LogP contribution in [0, 0.1) is 0 Å². The number of aliphatic hydroxyl groups excluding tert-OH is 1. The number of β-amino-alcohol motifs (C(OH)–C–C–N with tert-alkyl or cyclic N) is 1. The average Bonchev–Trinajstić information content (AvgIpc) is 3.15. The quantitative estimate of drug-likeness (QED) is 0.664. The Bertz CT molecular complexity index is 1120. The van der Waals surface area contributed by atoms with Crippen molar-refractivity contribution in [1.82, 2.24) is 14.7 Å². The van der Waals surface area contributed by atoms with Crippen molar-refractivity contribution in [2.45, 2.75) is 43.4 Å². The zero-order valence-corrected chi connectivity index (χ0v) is 18.9. The number of rotatable bonds is 4. The number of hydrogen-bond acceptors (Lipinski definition) is 5. The molecule has 3 fully saturated rings. The molecular weight excluding hydrogens is 471 g/mol. The Morgan fingerprint density at radius 3 is 2.35 bits per heavy atom. The summed E-state index contributed by atoms with van der Waals surface area (Å²) in [6.45, 7) is 1.31. The van der Waals surface area contributed by atoms with Crippen molar-refractivity contribution >= 4 is 23.4 Å². The number of piperazine rings is 1. The SMILES string of the molecule is O=C1[C@@H]2C[C@@H](O)CN2C2(CN(Cc3ccc(C(F)(F)F)cc3)C2)C(=O)N1Cc1ccccc1Cl. The number of imide groups is 1. The van der Waals surface area contributed by atoms with Gasteiger partial charge < -0.3 is 5.11 Å². The number of carbonyl (C=O) groups excluding carboxylic acids is 2. The minimum atomic E-state index is -4.39. The van der Waals surface area contributed by atoms with E-state index in [1.54, 1.807) is 24.3 Å². The number of likely N-dealkylation sites (tertiary alicyclic amines) is 1. The Morgan fingerprint density at radius 1 is 1.03 bits per heavy atom. The molecule has 3 aliphatic rings. The highest BCUT2D eigenvalue weighted by atomic mass is 35.5. The van der Waals surface area contributed by atoms with Crippen molar-refractivity contribution in [3.8, 4) is 0 Å². The van der Waals surface area contributed by atoms with Crippen molar-refractivity contribution in [3.05, 3.63) is 70.2 Å². The predicted molar refractivity (Wildman–Crippen MR) is 118 cm³/mol. The van der Waals surface area contributed by atoms with Gasteiger partial charge in [0.15, 0.2) is 0 Å². The van der Waals surface area contributed by atoms with Gasteiger partial charge in [-0.1, -0.05) is 41.9 Å². The number of nitrogens with zero attached hydrogens (tertiary/aromatic N) is 3. The lowest BCUT2D eigenvalue weighted by atomic mass is 9.82. The lowest BCUT2D eigenvalue weighted by molar-refractivity contribution is -0.181. The summed E-state index contributed by atoms with van der Waals surface area (Å²) in [5, 5.41) is 10.7. The van der Waals surface area contributed by atoms with E-state index >= 15 is 0 Å². The summed E-state index contributed by atoms with van der Waals surface area (Å²) in [6.07, 6.45) is -4.84. The van der Waals surface area contributed by atoms with Gasteiger partial charge in [0.25, 0.3) is 5.91 Å². The second-order valence-electron chi connectivity index (χ2n) is 9.25. The molecule has 10 heteroatoms. The van der Waals surface area contributed by atoms with Crippen LogP contribution in [0.4, 0.5) is 13.2 Å². The second-order valence-corrected chi connectivity index (χ2v) is 9.66. The first-order valence-corrected chi connectivity index (χ1v) is 11.4. The molecule has 0 aliphatic carbocycles. The summed E-state index contributed by atoms with van der Waals surface area (Å²) in [5.41, 5.74) is -0.299. The van der Waals surface area contributed by atoms with Crippen LogP contribution in [0.3, 0.4) is 0 Å². The molecule has 6 nitrogen and oxygen atoms in total.